The van der Waals surface area contributed by atoms with Crippen LogP contribution in [0.3, 0.4) is 0 Å². The molecule has 3 nitrogen and oxygen atoms in total. The summed E-state index contributed by atoms with van der Waals surface area (Å²) in [5.74, 6) is -1.36. The molecule has 0 saturated carbocycles. The first-order valence-electron chi connectivity index (χ1n) is 4.57. The van der Waals surface area contributed by atoms with Crippen LogP contribution in [0, 0.1) is 0 Å². The number of aliphatic hydroxyl groups excluding tert-OH is 1. The average Bonchev–Trinajstić information content (AvgIpc) is 2.03. The van der Waals surface area contributed by atoms with Crippen LogP contribution in [0.1, 0.15) is 45.4 Å². The van der Waals surface area contributed by atoms with Gasteiger partial charge in [-0.2, -0.15) is 0 Å². The van der Waals surface area contributed by atoms with Crippen molar-refractivity contribution in [3.05, 3.63) is 0 Å². The van der Waals surface area contributed by atoms with E-state index in [-0.39, 0.29) is 29.6 Å². The topological polar surface area (TPSA) is 60.4 Å². The van der Waals surface area contributed by atoms with E-state index in [1.54, 1.807) is 0 Å². The van der Waals surface area contributed by atoms with Gasteiger partial charge >= 0.3 is 29.6 Å². The molecule has 1 atom stereocenters. The number of carboxylic acid groups (broad SMARTS) is 1. The van der Waals surface area contributed by atoms with E-state index in [0.29, 0.717) is 6.42 Å². The summed E-state index contributed by atoms with van der Waals surface area (Å²) in [4.78, 5) is 10.1. The SMILES string of the molecule is CCCCCCCC(O)C(=O)[O-].[Na+]. The number of aliphatic hydroxyl groups is 1. The van der Waals surface area contributed by atoms with Gasteiger partial charge < -0.3 is 15.0 Å². The van der Waals surface area contributed by atoms with Gasteiger partial charge in [-0.1, -0.05) is 39.0 Å². The van der Waals surface area contributed by atoms with Crippen LogP contribution >= 0.6 is 0 Å². The van der Waals surface area contributed by atoms with Crippen LogP contribution in [-0.4, -0.2) is 17.2 Å². The van der Waals surface area contributed by atoms with Crippen molar-refractivity contribution in [2.24, 2.45) is 0 Å². The summed E-state index contributed by atoms with van der Waals surface area (Å²) in [6.07, 6.45) is 4.30. The van der Waals surface area contributed by atoms with E-state index in [9.17, 15) is 9.90 Å². The summed E-state index contributed by atoms with van der Waals surface area (Å²) in [7, 11) is 0. The third kappa shape index (κ3) is 10.4. The third-order valence-corrected chi connectivity index (χ3v) is 1.85. The van der Waals surface area contributed by atoms with Gasteiger partial charge in [-0.25, -0.2) is 0 Å². The van der Waals surface area contributed by atoms with Crippen molar-refractivity contribution >= 4 is 5.97 Å². The van der Waals surface area contributed by atoms with E-state index >= 15 is 0 Å². The van der Waals surface area contributed by atoms with Crippen molar-refractivity contribution < 1.29 is 44.6 Å². The molecule has 0 saturated heterocycles. The van der Waals surface area contributed by atoms with Crippen molar-refractivity contribution in [3.63, 3.8) is 0 Å². The van der Waals surface area contributed by atoms with Crippen LogP contribution < -0.4 is 34.7 Å². The standard InChI is InChI=1S/C9H18O3.Na/c1-2-3-4-5-6-7-8(10)9(11)12;/h8,10H,2-7H2,1H3,(H,11,12);/q;+1/p-1. The Labute approximate surface area is 102 Å². The second-order valence-electron chi connectivity index (χ2n) is 3.04. The zero-order valence-corrected chi connectivity index (χ0v) is 10.6. The minimum absolute atomic E-state index is 0. The van der Waals surface area contributed by atoms with Gasteiger partial charge in [0, 0.05) is 0 Å². The zero-order valence-electron chi connectivity index (χ0n) is 8.58. The second-order valence-corrected chi connectivity index (χ2v) is 3.04. The molecule has 0 spiro atoms. The summed E-state index contributed by atoms with van der Waals surface area (Å²) >= 11 is 0. The van der Waals surface area contributed by atoms with Gasteiger partial charge in [-0.15, -0.1) is 0 Å². The molecule has 0 aromatic rings. The molecular formula is C9H17NaO3. The first-order chi connectivity index (χ1) is 5.68. The number of carbonyl (C=O) groups is 1. The fourth-order valence-corrected chi connectivity index (χ4v) is 1.06. The number of hydrogen-bond acceptors (Lipinski definition) is 3. The van der Waals surface area contributed by atoms with Crippen LogP contribution in [0.4, 0.5) is 0 Å². The fourth-order valence-electron chi connectivity index (χ4n) is 1.06. The molecule has 0 aliphatic carbocycles. The summed E-state index contributed by atoms with van der Waals surface area (Å²) in [5.41, 5.74) is 0. The minimum atomic E-state index is -1.36. The van der Waals surface area contributed by atoms with Crippen LogP contribution in [-0.2, 0) is 4.79 Å². The number of unbranched alkanes of at least 4 members (excludes halogenated alkanes) is 4. The summed E-state index contributed by atoms with van der Waals surface area (Å²) in [5, 5.41) is 18.9. The maximum atomic E-state index is 10.1. The Kier molecular flexibility index (Phi) is 12.8. The molecule has 0 aliphatic heterocycles. The number of rotatable bonds is 7. The molecule has 0 bridgehead atoms. The smallest absolute Gasteiger partial charge is 0.547 e. The molecule has 0 heterocycles. The molecule has 72 valence electrons. The normalized spacial score (nSPS) is 11.8. The molecular weight excluding hydrogens is 179 g/mol. The summed E-state index contributed by atoms with van der Waals surface area (Å²) in [6, 6.07) is 0. The van der Waals surface area contributed by atoms with Crippen molar-refractivity contribution in [2.45, 2.75) is 51.6 Å². The molecule has 4 heteroatoms. The second kappa shape index (κ2) is 10.5. The molecule has 0 fully saturated rings. The predicted molar refractivity (Wildman–Crippen MR) is 44.4 cm³/mol. The van der Waals surface area contributed by atoms with Crippen molar-refractivity contribution in [1.82, 2.24) is 0 Å². The monoisotopic (exact) mass is 196 g/mol. The van der Waals surface area contributed by atoms with Crippen molar-refractivity contribution in [1.29, 1.82) is 0 Å². The maximum Gasteiger partial charge on any atom is 1.00 e. The van der Waals surface area contributed by atoms with E-state index < -0.39 is 12.1 Å². The van der Waals surface area contributed by atoms with Gasteiger partial charge in [0.05, 0.1) is 12.1 Å². The Morgan fingerprint density at radius 1 is 1.31 bits per heavy atom. The van der Waals surface area contributed by atoms with Crippen LogP contribution in [0.25, 0.3) is 0 Å². The van der Waals surface area contributed by atoms with Gasteiger partial charge in [0.15, 0.2) is 0 Å². The number of carboxylic acids is 1. The Morgan fingerprint density at radius 2 is 1.85 bits per heavy atom. The molecule has 0 aliphatic rings. The third-order valence-electron chi connectivity index (χ3n) is 1.85. The van der Waals surface area contributed by atoms with Gasteiger partial charge in [0.25, 0.3) is 0 Å². The van der Waals surface area contributed by atoms with Crippen molar-refractivity contribution in [3.8, 4) is 0 Å². The predicted octanol–water partition coefficient (Wildman–Crippen LogP) is -2.54. The molecule has 0 radical (unpaired) electrons. The van der Waals surface area contributed by atoms with Crippen LogP contribution in [0.15, 0.2) is 0 Å². The fraction of sp³-hybridized carbons (Fsp3) is 0.889. The van der Waals surface area contributed by atoms with Gasteiger partial charge in [-0.3, -0.25) is 0 Å². The van der Waals surface area contributed by atoms with E-state index in [4.69, 9.17) is 5.11 Å². The molecule has 1 unspecified atom stereocenters. The largest absolute Gasteiger partial charge is 1.00 e. The van der Waals surface area contributed by atoms with E-state index in [0.717, 1.165) is 19.3 Å². The van der Waals surface area contributed by atoms with Gasteiger partial charge in [0.2, 0.25) is 0 Å². The average molecular weight is 196 g/mol. The summed E-state index contributed by atoms with van der Waals surface area (Å²) < 4.78 is 0. The zero-order chi connectivity index (χ0) is 9.40. The number of carbonyl (C=O) groups excluding carboxylic acids is 1. The van der Waals surface area contributed by atoms with E-state index in [2.05, 4.69) is 6.92 Å². The molecule has 0 amide bonds. The van der Waals surface area contributed by atoms with Crippen molar-refractivity contribution in [2.75, 3.05) is 0 Å². The number of hydrogen-bond donors (Lipinski definition) is 1. The Bertz CT molecular complexity index is 128. The van der Waals surface area contributed by atoms with Gasteiger partial charge in [-0.05, 0) is 6.42 Å². The molecule has 0 aromatic carbocycles. The Balaban J connectivity index is 0. The molecule has 13 heavy (non-hydrogen) atoms. The molecule has 0 rings (SSSR count). The Morgan fingerprint density at radius 3 is 2.31 bits per heavy atom. The maximum absolute atomic E-state index is 10.1. The quantitative estimate of drug-likeness (QED) is 0.360. The summed E-state index contributed by atoms with van der Waals surface area (Å²) in [6.45, 7) is 2.12. The first-order valence-corrected chi connectivity index (χ1v) is 4.57. The van der Waals surface area contributed by atoms with E-state index in [1.165, 1.54) is 12.8 Å². The molecule has 1 N–H and O–H groups in total. The number of aliphatic carboxylic acids is 1. The van der Waals surface area contributed by atoms with Crippen LogP contribution in [0.2, 0.25) is 0 Å². The van der Waals surface area contributed by atoms with E-state index in [1.807, 2.05) is 0 Å². The molecule has 0 aromatic heterocycles. The van der Waals surface area contributed by atoms with Crippen LogP contribution in [0.5, 0.6) is 0 Å². The van der Waals surface area contributed by atoms with Gasteiger partial charge in [0.1, 0.15) is 0 Å². The minimum Gasteiger partial charge on any atom is -0.547 e. The Hall–Kier alpha value is 0.430. The first kappa shape index (κ1) is 15.9.